The Balaban J connectivity index is 2.02. The van der Waals surface area contributed by atoms with Crippen molar-refractivity contribution in [2.24, 2.45) is 5.92 Å². The van der Waals surface area contributed by atoms with Crippen LogP contribution in [0.1, 0.15) is 19.3 Å². The summed E-state index contributed by atoms with van der Waals surface area (Å²) < 4.78 is 1.81. The molecule has 2 rings (SSSR count). The van der Waals surface area contributed by atoms with Gasteiger partial charge >= 0.3 is 0 Å². The summed E-state index contributed by atoms with van der Waals surface area (Å²) in [4.78, 5) is 1.80. The molecule has 1 fully saturated rings. The Hall–Kier alpha value is 0.350. The van der Waals surface area contributed by atoms with Crippen molar-refractivity contribution in [3.63, 3.8) is 0 Å². The van der Waals surface area contributed by atoms with Crippen LogP contribution >= 0.6 is 38.5 Å². The Kier molecular flexibility index (Phi) is 2.69. The molecule has 3 nitrogen and oxygen atoms in total. The molecule has 1 aliphatic rings. The second-order valence-corrected chi connectivity index (χ2v) is 4.91. The van der Waals surface area contributed by atoms with Gasteiger partial charge in [-0.3, -0.25) is 0 Å². The molecule has 0 aliphatic heterocycles. The van der Waals surface area contributed by atoms with Crippen LogP contribution in [0.2, 0.25) is 0 Å². The summed E-state index contributed by atoms with van der Waals surface area (Å²) in [6.07, 6.45) is 4.07. The molecule has 66 valence electrons. The van der Waals surface area contributed by atoms with E-state index in [2.05, 4.69) is 48.7 Å². The first-order valence-corrected chi connectivity index (χ1v) is 5.89. The fourth-order valence-electron chi connectivity index (χ4n) is 1.30. The van der Waals surface area contributed by atoms with Crippen LogP contribution in [0.5, 0.6) is 0 Å². The van der Waals surface area contributed by atoms with Crippen molar-refractivity contribution in [2.45, 2.75) is 25.8 Å². The molecule has 1 heterocycles. The predicted molar refractivity (Wildman–Crippen MR) is 57.8 cm³/mol. The van der Waals surface area contributed by atoms with Gasteiger partial charge in [-0.25, -0.2) is 0 Å². The van der Waals surface area contributed by atoms with Crippen LogP contribution in [0.4, 0.5) is 0 Å². The summed E-state index contributed by atoms with van der Waals surface area (Å²) in [6, 6.07) is 0. The largest absolute Gasteiger partial charge is 0.182 e. The zero-order valence-corrected chi connectivity index (χ0v) is 10.2. The van der Waals surface area contributed by atoms with Crippen molar-refractivity contribution in [1.82, 2.24) is 15.0 Å². The lowest BCUT2D eigenvalue weighted by molar-refractivity contribution is 0.253. The fourth-order valence-corrected chi connectivity index (χ4v) is 1.91. The maximum Gasteiger partial charge on any atom is 0.161 e. The van der Waals surface area contributed by atoms with Gasteiger partial charge in [0.05, 0.1) is 6.54 Å². The highest BCUT2D eigenvalue weighted by Crippen LogP contribution is 2.27. The third-order valence-corrected chi connectivity index (χ3v) is 4.22. The molecule has 0 unspecified atom stereocenters. The van der Waals surface area contributed by atoms with Gasteiger partial charge < -0.3 is 0 Å². The first kappa shape index (κ1) is 8.93. The van der Waals surface area contributed by atoms with Gasteiger partial charge in [-0.05, 0) is 57.3 Å². The maximum atomic E-state index is 4.28. The quantitative estimate of drug-likeness (QED) is 0.773. The minimum absolute atomic E-state index is 0.820. The standard InChI is InChI=1S/C7H9BrIN3/c8-6-7(9)11-12(10-6)4-5-2-1-3-5/h5H,1-4H2. The van der Waals surface area contributed by atoms with E-state index in [1.54, 1.807) is 4.80 Å². The fraction of sp³-hybridized carbons (Fsp3) is 0.714. The summed E-state index contributed by atoms with van der Waals surface area (Å²) in [5.74, 6) is 0.820. The molecule has 0 N–H and O–H groups in total. The Morgan fingerprint density at radius 3 is 2.67 bits per heavy atom. The lowest BCUT2D eigenvalue weighted by Crippen LogP contribution is -2.19. The predicted octanol–water partition coefficient (Wildman–Crippen LogP) is 2.45. The summed E-state index contributed by atoms with van der Waals surface area (Å²) in [6.45, 7) is 0.988. The lowest BCUT2D eigenvalue weighted by atomic mass is 9.86. The summed E-state index contributed by atoms with van der Waals surface area (Å²) in [5.41, 5.74) is 0. The van der Waals surface area contributed by atoms with Crippen molar-refractivity contribution in [3.8, 4) is 0 Å². The van der Waals surface area contributed by atoms with Crippen molar-refractivity contribution in [2.75, 3.05) is 0 Å². The third kappa shape index (κ3) is 1.81. The lowest BCUT2D eigenvalue weighted by Gasteiger charge is -2.24. The van der Waals surface area contributed by atoms with Crippen molar-refractivity contribution in [1.29, 1.82) is 0 Å². The average Bonchev–Trinajstić information content (AvgIpc) is 2.24. The number of hydrogen-bond donors (Lipinski definition) is 0. The number of aromatic nitrogens is 3. The molecule has 0 saturated heterocycles. The van der Waals surface area contributed by atoms with E-state index in [4.69, 9.17) is 0 Å². The first-order valence-electron chi connectivity index (χ1n) is 4.02. The number of hydrogen-bond acceptors (Lipinski definition) is 2. The molecule has 1 aromatic heterocycles. The second kappa shape index (κ2) is 3.61. The Morgan fingerprint density at radius 2 is 2.25 bits per heavy atom. The summed E-state index contributed by atoms with van der Waals surface area (Å²) >= 11 is 5.52. The van der Waals surface area contributed by atoms with Crippen LogP contribution in [0, 0.1) is 9.62 Å². The van der Waals surface area contributed by atoms with E-state index in [1.165, 1.54) is 19.3 Å². The van der Waals surface area contributed by atoms with Gasteiger partial charge in [0.25, 0.3) is 0 Å². The van der Waals surface area contributed by atoms with E-state index in [0.717, 1.165) is 20.8 Å². The summed E-state index contributed by atoms with van der Waals surface area (Å²) in [5, 5.41) is 8.52. The number of rotatable bonds is 2. The van der Waals surface area contributed by atoms with Gasteiger partial charge in [0, 0.05) is 0 Å². The van der Waals surface area contributed by atoms with Crippen LogP contribution in [0.25, 0.3) is 0 Å². The number of nitrogens with zero attached hydrogens (tertiary/aromatic N) is 3. The molecular weight excluding hydrogens is 333 g/mol. The van der Waals surface area contributed by atoms with Gasteiger partial charge in [0.1, 0.15) is 0 Å². The van der Waals surface area contributed by atoms with Gasteiger partial charge in [0.15, 0.2) is 8.30 Å². The second-order valence-electron chi connectivity index (χ2n) is 3.13. The van der Waals surface area contributed by atoms with Crippen molar-refractivity contribution < 1.29 is 0 Å². The van der Waals surface area contributed by atoms with E-state index in [9.17, 15) is 0 Å². The molecule has 0 atom stereocenters. The van der Waals surface area contributed by atoms with Crippen LogP contribution in [-0.4, -0.2) is 15.0 Å². The normalized spacial score (nSPS) is 17.8. The van der Waals surface area contributed by atoms with E-state index in [0.29, 0.717) is 0 Å². The smallest absolute Gasteiger partial charge is 0.161 e. The van der Waals surface area contributed by atoms with Crippen LogP contribution in [0.15, 0.2) is 4.60 Å². The Morgan fingerprint density at radius 1 is 1.50 bits per heavy atom. The summed E-state index contributed by atoms with van der Waals surface area (Å²) in [7, 11) is 0. The molecule has 0 spiro atoms. The van der Waals surface area contributed by atoms with Crippen molar-refractivity contribution in [3.05, 3.63) is 8.30 Å². The molecule has 5 heteroatoms. The molecule has 0 aromatic carbocycles. The van der Waals surface area contributed by atoms with Crippen LogP contribution in [0.3, 0.4) is 0 Å². The van der Waals surface area contributed by atoms with Gasteiger partial charge in [-0.2, -0.15) is 4.80 Å². The van der Waals surface area contributed by atoms with Crippen molar-refractivity contribution >= 4 is 38.5 Å². The average molecular weight is 342 g/mol. The molecule has 0 radical (unpaired) electrons. The monoisotopic (exact) mass is 341 g/mol. The van der Waals surface area contributed by atoms with Gasteiger partial charge in [-0.1, -0.05) is 6.42 Å². The first-order chi connectivity index (χ1) is 5.75. The minimum atomic E-state index is 0.820. The van der Waals surface area contributed by atoms with E-state index in [1.807, 2.05) is 0 Å². The van der Waals surface area contributed by atoms with Crippen LogP contribution < -0.4 is 0 Å². The highest BCUT2D eigenvalue weighted by atomic mass is 127. The molecule has 12 heavy (non-hydrogen) atoms. The van der Waals surface area contributed by atoms with E-state index < -0.39 is 0 Å². The minimum Gasteiger partial charge on any atom is -0.182 e. The highest BCUT2D eigenvalue weighted by Gasteiger charge is 2.19. The zero-order valence-electron chi connectivity index (χ0n) is 6.50. The topological polar surface area (TPSA) is 30.7 Å². The van der Waals surface area contributed by atoms with Gasteiger partial charge in [-0.15, -0.1) is 10.2 Å². The molecule has 1 saturated carbocycles. The maximum absolute atomic E-state index is 4.28. The molecule has 0 bridgehead atoms. The van der Waals surface area contributed by atoms with Gasteiger partial charge in [0.2, 0.25) is 0 Å². The Bertz CT molecular complexity index is 263. The number of halogens is 2. The molecule has 1 aliphatic carbocycles. The SMILES string of the molecule is Brc1nn(CC2CCC2)nc1I. The highest BCUT2D eigenvalue weighted by molar-refractivity contribution is 14.1. The molecule has 0 amide bonds. The molecular formula is C7H9BrIN3. The van der Waals surface area contributed by atoms with E-state index in [-0.39, 0.29) is 0 Å². The third-order valence-electron chi connectivity index (χ3n) is 2.22. The Labute approximate surface area is 93.2 Å². The van der Waals surface area contributed by atoms with Crippen LogP contribution in [-0.2, 0) is 6.54 Å². The zero-order chi connectivity index (χ0) is 8.55. The molecule has 1 aromatic rings. The van der Waals surface area contributed by atoms with E-state index >= 15 is 0 Å².